The molecule has 7 heteroatoms. The SMILES string of the molecule is Cc1sc2ncnc(N3CCCC(C)C3)c2c1C(=O)Nc1cccc(F)c1. The minimum atomic E-state index is -0.383. The Morgan fingerprint density at radius 1 is 1.37 bits per heavy atom. The van der Waals surface area contributed by atoms with Crippen LogP contribution >= 0.6 is 11.3 Å². The summed E-state index contributed by atoms with van der Waals surface area (Å²) in [6, 6.07) is 5.91. The summed E-state index contributed by atoms with van der Waals surface area (Å²) < 4.78 is 13.5. The number of carbonyl (C=O) groups excluding carboxylic acids is 1. The first-order chi connectivity index (χ1) is 13.0. The van der Waals surface area contributed by atoms with Gasteiger partial charge in [0.2, 0.25) is 0 Å². The van der Waals surface area contributed by atoms with Crippen molar-refractivity contribution in [2.45, 2.75) is 26.7 Å². The number of anilines is 2. The van der Waals surface area contributed by atoms with E-state index in [1.807, 2.05) is 6.92 Å². The molecule has 1 unspecified atom stereocenters. The third-order valence-electron chi connectivity index (χ3n) is 4.91. The number of carbonyl (C=O) groups is 1. The molecule has 27 heavy (non-hydrogen) atoms. The molecule has 1 aliphatic rings. The number of nitrogens with one attached hydrogen (secondary N) is 1. The molecule has 2 aromatic heterocycles. The minimum Gasteiger partial charge on any atom is -0.356 e. The number of benzene rings is 1. The maximum Gasteiger partial charge on any atom is 0.257 e. The number of amides is 1. The second kappa shape index (κ2) is 7.23. The molecule has 1 saturated heterocycles. The number of halogens is 1. The Balaban J connectivity index is 1.76. The molecule has 4 rings (SSSR count). The van der Waals surface area contributed by atoms with Crippen LogP contribution in [0.4, 0.5) is 15.9 Å². The van der Waals surface area contributed by atoms with E-state index in [-0.39, 0.29) is 11.7 Å². The molecular formula is C20H21FN4OS. The molecule has 1 N–H and O–H groups in total. The molecule has 1 atom stereocenters. The van der Waals surface area contributed by atoms with Crippen LogP contribution in [-0.2, 0) is 0 Å². The number of piperidine rings is 1. The van der Waals surface area contributed by atoms with Gasteiger partial charge in [-0.1, -0.05) is 13.0 Å². The molecule has 1 amide bonds. The van der Waals surface area contributed by atoms with Gasteiger partial charge in [-0.25, -0.2) is 14.4 Å². The Kier molecular flexibility index (Phi) is 4.78. The highest BCUT2D eigenvalue weighted by atomic mass is 32.1. The summed E-state index contributed by atoms with van der Waals surface area (Å²) in [5, 5.41) is 3.61. The molecule has 0 spiro atoms. The highest BCUT2D eigenvalue weighted by molar-refractivity contribution is 7.19. The van der Waals surface area contributed by atoms with Crippen molar-refractivity contribution in [1.29, 1.82) is 0 Å². The summed E-state index contributed by atoms with van der Waals surface area (Å²) >= 11 is 1.49. The first kappa shape index (κ1) is 17.9. The van der Waals surface area contributed by atoms with E-state index in [4.69, 9.17) is 0 Å². The number of fused-ring (bicyclic) bond motifs is 1. The van der Waals surface area contributed by atoms with E-state index in [0.29, 0.717) is 17.2 Å². The Hall–Kier alpha value is -2.54. The van der Waals surface area contributed by atoms with Gasteiger partial charge in [0.25, 0.3) is 5.91 Å². The van der Waals surface area contributed by atoms with Gasteiger partial charge >= 0.3 is 0 Å². The topological polar surface area (TPSA) is 58.1 Å². The Morgan fingerprint density at radius 2 is 2.22 bits per heavy atom. The zero-order valence-electron chi connectivity index (χ0n) is 15.3. The highest BCUT2D eigenvalue weighted by Gasteiger charge is 2.26. The first-order valence-electron chi connectivity index (χ1n) is 9.09. The van der Waals surface area contributed by atoms with Crippen LogP contribution in [0.1, 0.15) is 35.0 Å². The Labute approximate surface area is 161 Å². The number of hydrogen-bond acceptors (Lipinski definition) is 5. The van der Waals surface area contributed by atoms with E-state index in [0.717, 1.165) is 40.4 Å². The van der Waals surface area contributed by atoms with Crippen molar-refractivity contribution in [2.75, 3.05) is 23.3 Å². The zero-order chi connectivity index (χ0) is 19.0. The average molecular weight is 384 g/mol. The molecule has 1 aliphatic heterocycles. The highest BCUT2D eigenvalue weighted by Crippen LogP contribution is 2.36. The van der Waals surface area contributed by atoms with Gasteiger partial charge in [-0.3, -0.25) is 4.79 Å². The standard InChI is InChI=1S/C20H21FN4OS/c1-12-5-4-8-25(10-12)18-17-16(13(2)27-20(17)23-11-22-18)19(26)24-15-7-3-6-14(21)9-15/h3,6-7,9,11-12H,4-5,8,10H2,1-2H3,(H,24,26). The summed E-state index contributed by atoms with van der Waals surface area (Å²) in [5.41, 5.74) is 1.01. The van der Waals surface area contributed by atoms with Crippen LogP contribution in [0.2, 0.25) is 0 Å². The van der Waals surface area contributed by atoms with Crippen LogP contribution in [0.25, 0.3) is 10.2 Å². The van der Waals surface area contributed by atoms with Crippen LogP contribution < -0.4 is 10.2 Å². The summed E-state index contributed by atoms with van der Waals surface area (Å²) in [6.07, 6.45) is 3.89. The van der Waals surface area contributed by atoms with Gasteiger partial charge in [-0.15, -0.1) is 11.3 Å². The smallest absolute Gasteiger partial charge is 0.257 e. The Bertz CT molecular complexity index is 1000. The van der Waals surface area contributed by atoms with Gasteiger partial charge in [0, 0.05) is 23.7 Å². The summed E-state index contributed by atoms with van der Waals surface area (Å²) in [6.45, 7) is 6.00. The van der Waals surface area contributed by atoms with Crippen LogP contribution in [0.5, 0.6) is 0 Å². The monoisotopic (exact) mass is 384 g/mol. The summed E-state index contributed by atoms with van der Waals surface area (Å²) in [4.78, 5) is 25.9. The van der Waals surface area contributed by atoms with E-state index >= 15 is 0 Å². The number of aromatic nitrogens is 2. The molecule has 1 aromatic carbocycles. The minimum absolute atomic E-state index is 0.259. The predicted molar refractivity (Wildman–Crippen MR) is 107 cm³/mol. The molecule has 5 nitrogen and oxygen atoms in total. The van der Waals surface area contributed by atoms with Crippen molar-refractivity contribution in [3.63, 3.8) is 0 Å². The van der Waals surface area contributed by atoms with Crippen LogP contribution in [0.3, 0.4) is 0 Å². The fourth-order valence-corrected chi connectivity index (χ4v) is 4.67. The van der Waals surface area contributed by atoms with Gasteiger partial charge in [-0.2, -0.15) is 0 Å². The van der Waals surface area contributed by atoms with Gasteiger partial charge in [0.1, 0.15) is 22.8 Å². The van der Waals surface area contributed by atoms with Crippen molar-refractivity contribution in [2.24, 2.45) is 5.92 Å². The van der Waals surface area contributed by atoms with Crippen LogP contribution in [-0.4, -0.2) is 29.0 Å². The molecule has 3 heterocycles. The molecule has 140 valence electrons. The van der Waals surface area contributed by atoms with Gasteiger partial charge in [0.05, 0.1) is 10.9 Å². The molecule has 0 aliphatic carbocycles. The van der Waals surface area contributed by atoms with Gasteiger partial charge in [0.15, 0.2) is 0 Å². The maximum absolute atomic E-state index is 13.5. The van der Waals surface area contributed by atoms with E-state index in [2.05, 4.69) is 27.1 Å². The number of thiophene rings is 1. The van der Waals surface area contributed by atoms with Crippen molar-refractivity contribution in [1.82, 2.24) is 9.97 Å². The Morgan fingerprint density at radius 3 is 3.00 bits per heavy atom. The van der Waals surface area contributed by atoms with Crippen molar-refractivity contribution in [3.8, 4) is 0 Å². The predicted octanol–water partition coefficient (Wildman–Crippen LogP) is 4.63. The van der Waals surface area contributed by atoms with Gasteiger partial charge < -0.3 is 10.2 Å². The third-order valence-corrected chi connectivity index (χ3v) is 5.92. The van der Waals surface area contributed by atoms with Crippen LogP contribution in [0, 0.1) is 18.7 Å². The molecule has 0 saturated carbocycles. The quantitative estimate of drug-likeness (QED) is 0.715. The molecule has 0 bridgehead atoms. The largest absolute Gasteiger partial charge is 0.356 e. The lowest BCUT2D eigenvalue weighted by Crippen LogP contribution is -2.35. The lowest BCUT2D eigenvalue weighted by Gasteiger charge is -2.32. The molecule has 1 fully saturated rings. The fourth-order valence-electron chi connectivity index (χ4n) is 3.68. The molecular weight excluding hydrogens is 363 g/mol. The number of nitrogens with zero attached hydrogens (tertiary/aromatic N) is 3. The summed E-state index contributed by atoms with van der Waals surface area (Å²) in [7, 11) is 0. The second-order valence-electron chi connectivity index (χ2n) is 7.07. The molecule has 0 radical (unpaired) electrons. The average Bonchev–Trinajstić information content (AvgIpc) is 2.97. The lowest BCUT2D eigenvalue weighted by atomic mass is 10.00. The fraction of sp³-hybridized carbons (Fsp3) is 0.350. The maximum atomic E-state index is 13.5. The third kappa shape index (κ3) is 3.51. The van der Waals surface area contributed by atoms with Crippen molar-refractivity contribution < 1.29 is 9.18 Å². The summed E-state index contributed by atoms with van der Waals surface area (Å²) in [5.74, 6) is 0.768. The second-order valence-corrected chi connectivity index (χ2v) is 8.27. The van der Waals surface area contributed by atoms with E-state index < -0.39 is 0 Å². The number of aryl methyl sites for hydroxylation is 1. The van der Waals surface area contributed by atoms with E-state index in [1.54, 1.807) is 18.5 Å². The lowest BCUT2D eigenvalue weighted by molar-refractivity contribution is 0.102. The first-order valence-corrected chi connectivity index (χ1v) is 9.90. The normalized spacial score (nSPS) is 17.3. The molecule has 3 aromatic rings. The van der Waals surface area contributed by atoms with E-state index in [1.165, 1.54) is 29.9 Å². The number of rotatable bonds is 3. The van der Waals surface area contributed by atoms with Crippen molar-refractivity contribution >= 4 is 39.0 Å². The van der Waals surface area contributed by atoms with Gasteiger partial charge in [-0.05, 0) is 43.9 Å². The zero-order valence-corrected chi connectivity index (χ0v) is 16.1. The van der Waals surface area contributed by atoms with Crippen molar-refractivity contribution in [3.05, 3.63) is 46.9 Å². The van der Waals surface area contributed by atoms with Crippen LogP contribution in [0.15, 0.2) is 30.6 Å². The van der Waals surface area contributed by atoms with E-state index in [9.17, 15) is 9.18 Å². The number of hydrogen-bond donors (Lipinski definition) is 1.